The highest BCUT2D eigenvalue weighted by Gasteiger charge is 2.09. The Morgan fingerprint density at radius 3 is 2.67 bits per heavy atom. The fourth-order valence-electron chi connectivity index (χ4n) is 2.27. The van der Waals surface area contributed by atoms with Gasteiger partial charge in [-0.15, -0.1) is 29.1 Å². The summed E-state index contributed by atoms with van der Waals surface area (Å²) in [5.74, 6) is 0.580. The normalized spacial score (nSPS) is 12.0. The topological polar surface area (TPSA) is 87.4 Å². The van der Waals surface area contributed by atoms with Crippen LogP contribution in [0.1, 0.15) is 24.9 Å². The number of nitrogens with one attached hydrogen (secondary N) is 2. The summed E-state index contributed by atoms with van der Waals surface area (Å²) >= 11 is 0. The molecule has 1 amide bonds. The first kappa shape index (κ1) is 22.9. The van der Waals surface area contributed by atoms with E-state index in [-0.39, 0.29) is 42.5 Å². The molecule has 0 aliphatic rings. The highest BCUT2D eigenvalue weighted by molar-refractivity contribution is 14.0. The van der Waals surface area contributed by atoms with Crippen LogP contribution in [0.25, 0.3) is 0 Å². The molecule has 1 unspecified atom stereocenters. The number of carbonyl (C=O) groups excluding carboxylic acids is 1. The maximum atomic E-state index is 11.8. The van der Waals surface area contributed by atoms with Gasteiger partial charge in [-0.3, -0.25) is 9.48 Å². The zero-order chi connectivity index (χ0) is 18.8. The summed E-state index contributed by atoms with van der Waals surface area (Å²) < 4.78 is 1.79. The minimum Gasteiger partial charge on any atom is -0.356 e. The van der Waals surface area contributed by atoms with Crippen molar-refractivity contribution in [2.75, 3.05) is 27.2 Å². The van der Waals surface area contributed by atoms with Crippen LogP contribution in [0.15, 0.2) is 47.7 Å². The van der Waals surface area contributed by atoms with Crippen LogP contribution in [0.4, 0.5) is 0 Å². The lowest BCUT2D eigenvalue weighted by Crippen LogP contribution is -2.40. The zero-order valence-electron chi connectivity index (χ0n) is 16.0. The number of amides is 1. The van der Waals surface area contributed by atoms with Gasteiger partial charge in [-0.25, -0.2) is 4.99 Å². The van der Waals surface area contributed by atoms with Gasteiger partial charge in [0, 0.05) is 33.4 Å². The molecule has 1 aromatic carbocycles. The number of hydrogen-bond acceptors (Lipinski definition) is 4. The average Bonchev–Trinajstić information content (AvgIpc) is 3.16. The van der Waals surface area contributed by atoms with Crippen molar-refractivity contribution in [3.05, 3.63) is 48.3 Å². The standard InChI is InChI=1S/C18H27N7O.HI/c1-15(16-8-5-4-6-9-16)22-18(20-14-17(26)24(2)3)19-10-7-12-25-13-11-21-23-25;/h4-6,8-9,11,13,15H,7,10,12,14H2,1-3H3,(H2,19,20,22);1H. The predicted octanol–water partition coefficient (Wildman–Crippen LogP) is 1.67. The number of aliphatic imine (C=N–C) groups is 1. The number of likely N-dealkylation sites (N-methyl/N-ethyl adjacent to an activating group) is 1. The maximum Gasteiger partial charge on any atom is 0.243 e. The van der Waals surface area contributed by atoms with Gasteiger partial charge >= 0.3 is 0 Å². The molecule has 0 radical (unpaired) electrons. The first-order valence-corrected chi connectivity index (χ1v) is 8.70. The minimum atomic E-state index is -0.0407. The largest absolute Gasteiger partial charge is 0.356 e. The van der Waals surface area contributed by atoms with E-state index in [4.69, 9.17) is 0 Å². The molecule has 0 aliphatic heterocycles. The smallest absolute Gasteiger partial charge is 0.243 e. The Hall–Kier alpha value is -2.17. The van der Waals surface area contributed by atoms with Crippen molar-refractivity contribution in [2.24, 2.45) is 4.99 Å². The number of guanidine groups is 1. The molecule has 8 nitrogen and oxygen atoms in total. The van der Waals surface area contributed by atoms with Gasteiger partial charge in [-0.05, 0) is 18.9 Å². The number of benzene rings is 1. The Morgan fingerprint density at radius 1 is 1.30 bits per heavy atom. The van der Waals surface area contributed by atoms with E-state index in [1.54, 1.807) is 25.0 Å². The molecule has 27 heavy (non-hydrogen) atoms. The third kappa shape index (κ3) is 8.37. The number of rotatable bonds is 8. The van der Waals surface area contributed by atoms with Crippen LogP contribution in [0.3, 0.4) is 0 Å². The Kier molecular flexibility index (Phi) is 10.4. The van der Waals surface area contributed by atoms with E-state index in [0.29, 0.717) is 12.5 Å². The van der Waals surface area contributed by atoms with E-state index in [1.807, 2.05) is 24.4 Å². The van der Waals surface area contributed by atoms with Gasteiger partial charge in [-0.2, -0.15) is 0 Å². The maximum absolute atomic E-state index is 11.8. The number of halogens is 1. The van der Waals surface area contributed by atoms with Crippen LogP contribution < -0.4 is 10.6 Å². The van der Waals surface area contributed by atoms with Crippen LogP contribution in [0.5, 0.6) is 0 Å². The SMILES string of the molecule is CC(NC(=NCC(=O)N(C)C)NCCCn1ccnn1)c1ccccc1.I. The quantitative estimate of drug-likeness (QED) is 0.257. The van der Waals surface area contributed by atoms with Gasteiger partial charge in [0.1, 0.15) is 6.54 Å². The number of aromatic nitrogens is 3. The Labute approximate surface area is 177 Å². The molecule has 1 atom stereocenters. The number of aryl methyl sites for hydroxylation is 1. The van der Waals surface area contributed by atoms with Gasteiger partial charge in [-0.1, -0.05) is 35.5 Å². The van der Waals surface area contributed by atoms with Crippen molar-refractivity contribution in [3.8, 4) is 0 Å². The molecule has 0 aliphatic carbocycles. The van der Waals surface area contributed by atoms with Gasteiger partial charge in [0.2, 0.25) is 5.91 Å². The summed E-state index contributed by atoms with van der Waals surface area (Å²) in [4.78, 5) is 17.8. The van der Waals surface area contributed by atoms with Gasteiger partial charge in [0.15, 0.2) is 5.96 Å². The van der Waals surface area contributed by atoms with E-state index in [0.717, 1.165) is 18.5 Å². The van der Waals surface area contributed by atoms with Gasteiger partial charge in [0.05, 0.1) is 12.2 Å². The second kappa shape index (κ2) is 12.3. The fraction of sp³-hybridized carbons (Fsp3) is 0.444. The lowest BCUT2D eigenvalue weighted by Gasteiger charge is -2.19. The molecule has 0 spiro atoms. The molecule has 1 heterocycles. The Morgan fingerprint density at radius 2 is 2.04 bits per heavy atom. The van der Waals surface area contributed by atoms with Gasteiger partial charge in [0.25, 0.3) is 0 Å². The average molecular weight is 485 g/mol. The minimum absolute atomic E-state index is 0. The molecule has 2 aromatic rings. The van der Waals surface area contributed by atoms with Crippen LogP contribution in [-0.4, -0.2) is 58.9 Å². The summed E-state index contributed by atoms with van der Waals surface area (Å²) in [6.07, 6.45) is 4.36. The fourth-order valence-corrected chi connectivity index (χ4v) is 2.27. The molecule has 0 saturated carbocycles. The third-order valence-electron chi connectivity index (χ3n) is 3.85. The van der Waals surface area contributed by atoms with Crippen LogP contribution in [0.2, 0.25) is 0 Å². The van der Waals surface area contributed by atoms with Crippen molar-refractivity contribution >= 4 is 35.8 Å². The van der Waals surface area contributed by atoms with Crippen molar-refractivity contribution in [1.29, 1.82) is 0 Å². The first-order valence-electron chi connectivity index (χ1n) is 8.70. The number of nitrogens with zero attached hydrogens (tertiary/aromatic N) is 5. The van der Waals surface area contributed by atoms with Crippen LogP contribution in [0, 0.1) is 0 Å². The van der Waals surface area contributed by atoms with Crippen LogP contribution in [-0.2, 0) is 11.3 Å². The summed E-state index contributed by atoms with van der Waals surface area (Å²) in [6, 6.07) is 10.2. The lowest BCUT2D eigenvalue weighted by molar-refractivity contribution is -0.127. The highest BCUT2D eigenvalue weighted by Crippen LogP contribution is 2.10. The number of carbonyl (C=O) groups is 1. The lowest BCUT2D eigenvalue weighted by atomic mass is 10.1. The molecule has 1 aromatic heterocycles. The molecule has 0 bridgehead atoms. The summed E-state index contributed by atoms with van der Waals surface area (Å²) in [5, 5.41) is 14.4. The molecular formula is C18H28IN7O. The molecule has 0 saturated heterocycles. The molecule has 9 heteroatoms. The van der Waals surface area contributed by atoms with E-state index in [1.165, 1.54) is 4.90 Å². The second-order valence-electron chi connectivity index (χ2n) is 6.18. The van der Waals surface area contributed by atoms with Crippen molar-refractivity contribution in [3.63, 3.8) is 0 Å². The number of hydrogen-bond donors (Lipinski definition) is 2. The summed E-state index contributed by atoms with van der Waals surface area (Å²) in [5.41, 5.74) is 1.16. The zero-order valence-corrected chi connectivity index (χ0v) is 18.3. The third-order valence-corrected chi connectivity index (χ3v) is 3.85. The second-order valence-corrected chi connectivity index (χ2v) is 6.18. The molecule has 2 N–H and O–H groups in total. The predicted molar refractivity (Wildman–Crippen MR) is 117 cm³/mol. The summed E-state index contributed by atoms with van der Waals surface area (Å²) in [6.45, 7) is 3.65. The van der Waals surface area contributed by atoms with Crippen molar-refractivity contribution in [1.82, 2.24) is 30.5 Å². The van der Waals surface area contributed by atoms with Crippen LogP contribution >= 0.6 is 24.0 Å². The van der Waals surface area contributed by atoms with Crippen molar-refractivity contribution < 1.29 is 4.79 Å². The Bertz CT molecular complexity index is 689. The summed E-state index contributed by atoms with van der Waals surface area (Å²) in [7, 11) is 3.45. The first-order chi connectivity index (χ1) is 12.6. The van der Waals surface area contributed by atoms with Gasteiger partial charge < -0.3 is 15.5 Å². The Balaban J connectivity index is 0.00000364. The monoisotopic (exact) mass is 485 g/mol. The van der Waals surface area contributed by atoms with E-state index in [9.17, 15) is 4.79 Å². The van der Waals surface area contributed by atoms with Crippen molar-refractivity contribution in [2.45, 2.75) is 25.9 Å². The molecule has 0 fully saturated rings. The highest BCUT2D eigenvalue weighted by atomic mass is 127. The van der Waals surface area contributed by atoms with E-state index in [2.05, 4.69) is 45.0 Å². The van der Waals surface area contributed by atoms with E-state index >= 15 is 0 Å². The van der Waals surface area contributed by atoms with E-state index < -0.39 is 0 Å². The molecule has 148 valence electrons. The molecular weight excluding hydrogens is 457 g/mol. The molecule has 2 rings (SSSR count).